The second-order valence-corrected chi connectivity index (χ2v) is 7.81. The maximum absolute atomic E-state index is 12.3. The van der Waals surface area contributed by atoms with E-state index in [0.29, 0.717) is 28.1 Å². The standard InChI is InChI=1S/C13H15N5O4S2/c1-7-8(2)18-22-12(7)9-3-4-11(21-9)24(19,20)15-6-5-10-16-17-13(14)23-10/h3-4,15H,5-6H2,1-2H3,(H2,14,17). The van der Waals surface area contributed by atoms with Crippen molar-refractivity contribution in [3.8, 4) is 11.5 Å². The molecule has 3 aromatic rings. The molecule has 0 radical (unpaired) electrons. The van der Waals surface area contributed by atoms with Gasteiger partial charge in [-0.15, -0.1) is 10.2 Å². The molecule has 128 valence electrons. The molecule has 0 atom stereocenters. The Hall–Kier alpha value is -2.24. The van der Waals surface area contributed by atoms with E-state index in [9.17, 15) is 8.42 Å². The Morgan fingerprint density at radius 3 is 2.71 bits per heavy atom. The Morgan fingerprint density at radius 2 is 2.08 bits per heavy atom. The first-order valence-electron chi connectivity index (χ1n) is 6.97. The molecule has 0 amide bonds. The number of sulfonamides is 1. The quantitative estimate of drug-likeness (QED) is 0.667. The zero-order valence-electron chi connectivity index (χ0n) is 12.9. The van der Waals surface area contributed by atoms with Gasteiger partial charge in [-0.05, 0) is 26.0 Å². The van der Waals surface area contributed by atoms with Crippen LogP contribution >= 0.6 is 11.3 Å². The fraction of sp³-hybridized carbons (Fsp3) is 0.308. The third kappa shape index (κ3) is 3.32. The Bertz CT molecular complexity index is 957. The van der Waals surface area contributed by atoms with Crippen LogP contribution in [0.25, 0.3) is 11.5 Å². The molecule has 0 spiro atoms. The number of aryl methyl sites for hydroxylation is 1. The van der Waals surface area contributed by atoms with E-state index in [-0.39, 0.29) is 11.6 Å². The smallest absolute Gasteiger partial charge is 0.273 e. The predicted molar refractivity (Wildman–Crippen MR) is 86.9 cm³/mol. The number of hydrogen-bond donors (Lipinski definition) is 2. The lowest BCUT2D eigenvalue weighted by Gasteiger charge is -2.02. The molecular formula is C13H15N5O4S2. The van der Waals surface area contributed by atoms with E-state index in [1.165, 1.54) is 23.5 Å². The third-order valence-electron chi connectivity index (χ3n) is 3.34. The fourth-order valence-corrected chi connectivity index (χ4v) is 3.53. The molecule has 3 heterocycles. The average Bonchev–Trinajstić information content (AvgIpc) is 3.22. The third-order valence-corrected chi connectivity index (χ3v) is 5.49. The van der Waals surface area contributed by atoms with Crippen molar-refractivity contribution in [1.82, 2.24) is 20.1 Å². The Morgan fingerprint density at radius 1 is 1.29 bits per heavy atom. The molecule has 0 fully saturated rings. The zero-order chi connectivity index (χ0) is 17.3. The molecule has 0 aliphatic rings. The van der Waals surface area contributed by atoms with Crippen molar-refractivity contribution >= 4 is 26.5 Å². The van der Waals surface area contributed by atoms with Gasteiger partial charge in [0.05, 0.1) is 5.69 Å². The first kappa shape index (κ1) is 16.6. The van der Waals surface area contributed by atoms with Crippen LogP contribution in [0.5, 0.6) is 0 Å². The van der Waals surface area contributed by atoms with Gasteiger partial charge in [-0.25, -0.2) is 13.1 Å². The highest BCUT2D eigenvalue weighted by Crippen LogP contribution is 2.28. The van der Waals surface area contributed by atoms with Crippen molar-refractivity contribution in [2.24, 2.45) is 0 Å². The predicted octanol–water partition coefficient (Wildman–Crippen LogP) is 1.51. The van der Waals surface area contributed by atoms with Gasteiger partial charge in [0.1, 0.15) is 5.01 Å². The van der Waals surface area contributed by atoms with E-state index in [2.05, 4.69) is 20.1 Å². The largest absolute Gasteiger partial charge is 0.440 e. The van der Waals surface area contributed by atoms with E-state index < -0.39 is 10.0 Å². The normalized spacial score (nSPS) is 11.9. The summed E-state index contributed by atoms with van der Waals surface area (Å²) in [5.74, 6) is 0.726. The number of nitrogen functional groups attached to an aromatic ring is 1. The minimum atomic E-state index is -3.77. The Labute approximate surface area is 141 Å². The minimum Gasteiger partial charge on any atom is -0.440 e. The molecule has 0 aliphatic carbocycles. The number of furan rings is 1. The van der Waals surface area contributed by atoms with E-state index in [1.54, 1.807) is 6.92 Å². The first-order valence-corrected chi connectivity index (χ1v) is 9.27. The minimum absolute atomic E-state index is 0.160. The second kappa shape index (κ2) is 6.34. The molecule has 0 saturated carbocycles. The summed E-state index contributed by atoms with van der Waals surface area (Å²) in [7, 11) is -3.77. The number of nitrogens with zero attached hydrogens (tertiary/aromatic N) is 3. The van der Waals surface area contributed by atoms with Crippen molar-refractivity contribution in [1.29, 1.82) is 0 Å². The SMILES string of the molecule is Cc1noc(-c2ccc(S(=O)(=O)NCCc3nnc(N)s3)o2)c1C. The molecule has 0 aromatic carbocycles. The van der Waals surface area contributed by atoms with Crippen molar-refractivity contribution in [2.75, 3.05) is 12.3 Å². The Balaban J connectivity index is 1.70. The zero-order valence-corrected chi connectivity index (χ0v) is 14.6. The second-order valence-electron chi connectivity index (χ2n) is 5.02. The highest BCUT2D eigenvalue weighted by atomic mass is 32.2. The van der Waals surface area contributed by atoms with E-state index in [1.807, 2.05) is 6.92 Å². The highest BCUT2D eigenvalue weighted by molar-refractivity contribution is 7.89. The summed E-state index contributed by atoms with van der Waals surface area (Å²) < 4.78 is 37.5. The highest BCUT2D eigenvalue weighted by Gasteiger charge is 2.22. The fourth-order valence-electron chi connectivity index (χ4n) is 1.96. The molecule has 0 unspecified atom stereocenters. The number of anilines is 1. The summed E-state index contributed by atoms with van der Waals surface area (Å²) in [6, 6.07) is 2.91. The van der Waals surface area contributed by atoms with Gasteiger partial charge in [0.2, 0.25) is 16.0 Å². The maximum Gasteiger partial charge on any atom is 0.273 e. The molecule has 0 saturated heterocycles. The molecule has 24 heavy (non-hydrogen) atoms. The van der Waals surface area contributed by atoms with Crippen molar-refractivity contribution in [3.05, 3.63) is 28.4 Å². The van der Waals surface area contributed by atoms with Crippen molar-refractivity contribution < 1.29 is 17.4 Å². The number of rotatable bonds is 6. The van der Waals surface area contributed by atoms with Gasteiger partial charge in [0.25, 0.3) is 10.0 Å². The van der Waals surface area contributed by atoms with Gasteiger partial charge in [-0.3, -0.25) is 0 Å². The van der Waals surface area contributed by atoms with Crippen molar-refractivity contribution in [2.45, 2.75) is 25.4 Å². The van der Waals surface area contributed by atoms with Gasteiger partial charge in [0.15, 0.2) is 5.76 Å². The van der Waals surface area contributed by atoms with Crippen LogP contribution in [0.4, 0.5) is 5.13 Å². The van der Waals surface area contributed by atoms with Crippen LogP contribution in [0.15, 0.2) is 26.2 Å². The number of nitrogens with one attached hydrogen (secondary N) is 1. The van der Waals surface area contributed by atoms with Crippen LogP contribution in [0.3, 0.4) is 0 Å². The lowest BCUT2D eigenvalue weighted by molar-refractivity contribution is 0.397. The van der Waals surface area contributed by atoms with E-state index in [4.69, 9.17) is 14.7 Å². The van der Waals surface area contributed by atoms with Gasteiger partial charge in [-0.1, -0.05) is 16.5 Å². The molecule has 9 nitrogen and oxygen atoms in total. The summed E-state index contributed by atoms with van der Waals surface area (Å²) in [6.45, 7) is 3.78. The van der Waals surface area contributed by atoms with Gasteiger partial charge < -0.3 is 14.7 Å². The first-order chi connectivity index (χ1) is 11.4. The van der Waals surface area contributed by atoms with E-state index >= 15 is 0 Å². The molecule has 0 bridgehead atoms. The summed E-state index contributed by atoms with van der Waals surface area (Å²) in [5.41, 5.74) is 7.00. The number of nitrogens with two attached hydrogens (primary N) is 1. The topological polar surface area (TPSA) is 137 Å². The molecule has 3 rings (SSSR count). The lowest BCUT2D eigenvalue weighted by Crippen LogP contribution is -2.25. The maximum atomic E-state index is 12.3. The van der Waals surface area contributed by atoms with Crippen LogP contribution in [-0.2, 0) is 16.4 Å². The molecule has 3 N–H and O–H groups in total. The van der Waals surface area contributed by atoms with Crippen LogP contribution in [0.1, 0.15) is 16.3 Å². The molecule has 3 aromatic heterocycles. The van der Waals surface area contributed by atoms with Gasteiger partial charge in [-0.2, -0.15) is 0 Å². The summed E-state index contributed by atoms with van der Waals surface area (Å²) in [6.07, 6.45) is 0.391. The summed E-state index contributed by atoms with van der Waals surface area (Å²) in [5, 5.41) is 12.1. The van der Waals surface area contributed by atoms with Gasteiger partial charge in [0, 0.05) is 18.5 Å². The van der Waals surface area contributed by atoms with Crippen LogP contribution in [0.2, 0.25) is 0 Å². The van der Waals surface area contributed by atoms with E-state index in [0.717, 1.165) is 11.3 Å². The monoisotopic (exact) mass is 369 g/mol. The Kier molecular flexibility index (Phi) is 4.39. The van der Waals surface area contributed by atoms with Crippen LogP contribution in [0, 0.1) is 13.8 Å². The lowest BCUT2D eigenvalue weighted by atomic mass is 10.2. The molecular weight excluding hydrogens is 354 g/mol. The average molecular weight is 369 g/mol. The molecule has 0 aliphatic heterocycles. The van der Waals surface area contributed by atoms with Crippen LogP contribution in [-0.4, -0.2) is 30.3 Å². The van der Waals surface area contributed by atoms with Crippen LogP contribution < -0.4 is 10.5 Å². The summed E-state index contributed by atoms with van der Waals surface area (Å²) in [4.78, 5) is 0. The summed E-state index contributed by atoms with van der Waals surface area (Å²) >= 11 is 1.22. The number of hydrogen-bond acceptors (Lipinski definition) is 9. The molecule has 11 heteroatoms. The number of aromatic nitrogens is 3. The van der Waals surface area contributed by atoms with Crippen molar-refractivity contribution in [3.63, 3.8) is 0 Å². The van der Waals surface area contributed by atoms with Gasteiger partial charge >= 0.3 is 0 Å².